The number of phenolic OH excluding ortho intramolecular Hbond substituents is 1. The molecule has 11 nitrogen and oxygen atoms in total. The molecule has 0 unspecified atom stereocenters. The van der Waals surface area contributed by atoms with E-state index in [1.54, 1.807) is 0 Å². The number of hydroxylamine groups is 1. The molecule has 1 aliphatic carbocycles. The highest BCUT2D eigenvalue weighted by molar-refractivity contribution is 6.31. The minimum absolute atomic E-state index is 0.0122. The Balaban J connectivity index is 1.48. The summed E-state index contributed by atoms with van der Waals surface area (Å²) in [6.45, 7) is 8.79. The standard InChI is InChI=1S/C34H34N2O9/c1-18-11-12-21-9-7-8-10-22(21)23(18)15-35-33(40)29-26(42-6)13-25(38)30-31(29)45-27-14-24(37)28(32(39)34(27,30)4)20(3)36-44-16-19(2)43-17-41-5/h7-14,36,38H,2,15-17H2,1,3-6H3,(H,35,40)/b28-20+/t34-/m1/s1. The molecule has 3 aromatic carbocycles. The number of ether oxygens (including phenoxy) is 4. The minimum atomic E-state index is -1.62. The third-order valence-electron chi connectivity index (χ3n) is 7.98. The molecule has 0 spiro atoms. The number of phenols is 1. The SMILES string of the molecule is C=C(CON/C(C)=C1\C(=O)C=C2Oc3c(C(=O)NCc4c(C)ccc5ccccc45)c(OC)cc(O)c3[C@]2(C)C1=O)OCOC. The molecule has 234 valence electrons. The zero-order valence-corrected chi connectivity index (χ0v) is 25.7. The number of fused-ring (bicyclic) bond motifs is 4. The summed E-state index contributed by atoms with van der Waals surface area (Å²) in [6, 6.07) is 13.2. The fourth-order valence-corrected chi connectivity index (χ4v) is 5.62. The molecule has 3 N–H and O–H groups in total. The summed E-state index contributed by atoms with van der Waals surface area (Å²) < 4.78 is 21.5. The number of amides is 1. The van der Waals surface area contributed by atoms with E-state index >= 15 is 0 Å². The van der Waals surface area contributed by atoms with Crippen LogP contribution in [0.1, 0.15) is 40.9 Å². The predicted molar refractivity (Wildman–Crippen MR) is 164 cm³/mol. The second-order valence-corrected chi connectivity index (χ2v) is 10.9. The van der Waals surface area contributed by atoms with E-state index in [0.29, 0.717) is 0 Å². The van der Waals surface area contributed by atoms with E-state index < -0.39 is 22.9 Å². The van der Waals surface area contributed by atoms with Crippen LogP contribution in [-0.2, 0) is 35.9 Å². The Labute approximate surface area is 260 Å². The minimum Gasteiger partial charge on any atom is -0.507 e. The fourth-order valence-electron chi connectivity index (χ4n) is 5.62. The second kappa shape index (κ2) is 12.5. The number of hydrogen-bond donors (Lipinski definition) is 3. The number of allylic oxidation sites excluding steroid dienone is 4. The summed E-state index contributed by atoms with van der Waals surface area (Å²) >= 11 is 0. The maximum absolute atomic E-state index is 14.0. The Bertz CT molecular complexity index is 1810. The molecule has 1 aliphatic heterocycles. The van der Waals surface area contributed by atoms with E-state index in [1.165, 1.54) is 40.2 Å². The molecule has 0 radical (unpaired) electrons. The molecule has 1 amide bonds. The highest BCUT2D eigenvalue weighted by atomic mass is 16.7. The van der Waals surface area contributed by atoms with Crippen LogP contribution < -0.4 is 20.3 Å². The first kappa shape index (κ1) is 31.3. The average Bonchev–Trinajstić information content (AvgIpc) is 3.32. The number of methoxy groups -OCH3 is 2. The van der Waals surface area contributed by atoms with Crippen LogP contribution in [0.4, 0.5) is 0 Å². The van der Waals surface area contributed by atoms with Gasteiger partial charge in [0.05, 0.1) is 18.2 Å². The molecule has 2 aliphatic rings. The largest absolute Gasteiger partial charge is 0.507 e. The quantitative estimate of drug-likeness (QED) is 0.0935. The van der Waals surface area contributed by atoms with E-state index in [2.05, 4.69) is 17.4 Å². The van der Waals surface area contributed by atoms with Crippen LogP contribution in [-0.4, -0.2) is 50.2 Å². The van der Waals surface area contributed by atoms with Crippen molar-refractivity contribution in [2.75, 3.05) is 27.6 Å². The summed E-state index contributed by atoms with van der Waals surface area (Å²) in [6.07, 6.45) is 1.18. The summed E-state index contributed by atoms with van der Waals surface area (Å²) in [5, 5.41) is 16.1. The number of benzene rings is 3. The van der Waals surface area contributed by atoms with Gasteiger partial charge in [0.25, 0.3) is 5.91 Å². The topological polar surface area (TPSA) is 142 Å². The Kier molecular flexibility index (Phi) is 8.67. The predicted octanol–water partition coefficient (Wildman–Crippen LogP) is 4.41. The Morgan fingerprint density at radius 1 is 1.13 bits per heavy atom. The van der Waals surface area contributed by atoms with Crippen molar-refractivity contribution in [3.8, 4) is 17.2 Å². The maximum atomic E-state index is 14.0. The van der Waals surface area contributed by atoms with Gasteiger partial charge in [-0.3, -0.25) is 24.7 Å². The Morgan fingerprint density at radius 2 is 1.89 bits per heavy atom. The molecule has 1 atom stereocenters. The van der Waals surface area contributed by atoms with Crippen LogP contribution in [0.2, 0.25) is 0 Å². The molecule has 0 saturated heterocycles. The van der Waals surface area contributed by atoms with Gasteiger partial charge < -0.3 is 29.4 Å². The van der Waals surface area contributed by atoms with Gasteiger partial charge >= 0.3 is 0 Å². The number of ketones is 2. The lowest BCUT2D eigenvalue weighted by molar-refractivity contribution is -0.123. The van der Waals surface area contributed by atoms with E-state index in [0.717, 1.165) is 21.9 Å². The van der Waals surface area contributed by atoms with Crippen molar-refractivity contribution in [2.24, 2.45) is 0 Å². The zero-order chi connectivity index (χ0) is 32.5. The number of rotatable bonds is 11. The fraction of sp³-hybridized carbons (Fsp3) is 0.265. The summed E-state index contributed by atoms with van der Waals surface area (Å²) in [7, 11) is 2.82. The van der Waals surface area contributed by atoms with Gasteiger partial charge in [0.1, 0.15) is 40.6 Å². The lowest BCUT2D eigenvalue weighted by Crippen LogP contribution is -2.41. The van der Waals surface area contributed by atoms with Crippen LogP contribution in [0, 0.1) is 6.92 Å². The van der Waals surface area contributed by atoms with Crippen LogP contribution in [0.25, 0.3) is 10.8 Å². The van der Waals surface area contributed by atoms with Gasteiger partial charge in [-0.25, -0.2) is 0 Å². The highest BCUT2D eigenvalue weighted by Crippen LogP contribution is 2.56. The van der Waals surface area contributed by atoms with Gasteiger partial charge in [-0.2, -0.15) is 0 Å². The lowest BCUT2D eigenvalue weighted by Gasteiger charge is -2.28. The van der Waals surface area contributed by atoms with Crippen molar-refractivity contribution in [3.05, 3.63) is 100 Å². The molecule has 0 aromatic heterocycles. The summed E-state index contributed by atoms with van der Waals surface area (Å²) in [4.78, 5) is 46.4. The van der Waals surface area contributed by atoms with Crippen molar-refractivity contribution < 1.29 is 43.3 Å². The summed E-state index contributed by atoms with van der Waals surface area (Å²) in [5.41, 5.74) is 2.87. The first-order chi connectivity index (χ1) is 21.5. The van der Waals surface area contributed by atoms with Gasteiger partial charge in [0.15, 0.2) is 24.1 Å². The zero-order valence-electron chi connectivity index (χ0n) is 25.7. The normalized spacial score (nSPS) is 18.0. The van der Waals surface area contributed by atoms with E-state index in [-0.39, 0.29) is 71.1 Å². The van der Waals surface area contributed by atoms with E-state index in [4.69, 9.17) is 23.8 Å². The molecule has 0 saturated carbocycles. The molecule has 0 fully saturated rings. The number of hydrogen-bond acceptors (Lipinski definition) is 10. The maximum Gasteiger partial charge on any atom is 0.259 e. The summed E-state index contributed by atoms with van der Waals surface area (Å²) in [5.74, 6) is -1.94. The number of carbonyl (C=O) groups is 3. The third-order valence-corrected chi connectivity index (χ3v) is 7.98. The molecular weight excluding hydrogens is 580 g/mol. The molecular formula is C34H34N2O9. The molecule has 0 bridgehead atoms. The van der Waals surface area contributed by atoms with Crippen molar-refractivity contribution in [3.63, 3.8) is 0 Å². The first-order valence-corrected chi connectivity index (χ1v) is 14.1. The van der Waals surface area contributed by atoms with Gasteiger partial charge in [-0.05, 0) is 42.7 Å². The lowest BCUT2D eigenvalue weighted by atomic mass is 9.70. The van der Waals surface area contributed by atoms with Crippen LogP contribution in [0.15, 0.2) is 77.9 Å². The molecule has 5 rings (SSSR count). The van der Waals surface area contributed by atoms with Gasteiger partial charge in [-0.15, -0.1) is 0 Å². The average molecular weight is 615 g/mol. The third kappa shape index (κ3) is 5.52. The van der Waals surface area contributed by atoms with E-state index in [1.807, 2.05) is 43.3 Å². The Hall–Kier alpha value is -5.13. The Morgan fingerprint density at radius 3 is 2.62 bits per heavy atom. The molecule has 3 aromatic rings. The monoisotopic (exact) mass is 614 g/mol. The first-order valence-electron chi connectivity index (χ1n) is 14.1. The van der Waals surface area contributed by atoms with Gasteiger partial charge in [0, 0.05) is 31.5 Å². The number of Topliss-reactive ketones (excluding diaryl/α,β-unsaturated/α-hetero) is 1. The number of nitrogens with one attached hydrogen (secondary N) is 2. The molecule has 45 heavy (non-hydrogen) atoms. The number of carbonyl (C=O) groups excluding carboxylic acids is 3. The van der Waals surface area contributed by atoms with Crippen molar-refractivity contribution >= 4 is 28.2 Å². The van der Waals surface area contributed by atoms with Crippen molar-refractivity contribution in [2.45, 2.75) is 32.7 Å². The van der Waals surface area contributed by atoms with Crippen molar-refractivity contribution in [1.82, 2.24) is 10.8 Å². The van der Waals surface area contributed by atoms with E-state index in [9.17, 15) is 19.5 Å². The van der Waals surface area contributed by atoms with Crippen LogP contribution in [0.5, 0.6) is 17.2 Å². The number of aryl methyl sites for hydroxylation is 1. The van der Waals surface area contributed by atoms with Crippen LogP contribution in [0.3, 0.4) is 0 Å². The smallest absolute Gasteiger partial charge is 0.259 e. The van der Waals surface area contributed by atoms with Gasteiger partial charge in [0.2, 0.25) is 0 Å². The van der Waals surface area contributed by atoms with Gasteiger partial charge in [-0.1, -0.05) is 43.0 Å². The molecule has 11 heteroatoms. The highest BCUT2D eigenvalue weighted by Gasteiger charge is 2.56. The number of aromatic hydroxyl groups is 1. The molecule has 1 heterocycles. The van der Waals surface area contributed by atoms with Crippen LogP contribution >= 0.6 is 0 Å². The van der Waals surface area contributed by atoms with Crippen molar-refractivity contribution in [1.29, 1.82) is 0 Å². The second-order valence-electron chi connectivity index (χ2n) is 10.9.